The Morgan fingerprint density at radius 1 is 1.00 bits per heavy atom. The van der Waals surface area contributed by atoms with E-state index in [2.05, 4.69) is 16.6 Å². The topological polar surface area (TPSA) is 0 Å². The maximum absolute atomic E-state index is 2.34. The number of hydrogen-bond acceptors (Lipinski definition) is 0. The molecule has 0 atom stereocenters. The molecule has 0 heterocycles. The molecule has 0 aliphatic heterocycles. The normalized spacial score (nSPS) is 11.1. The molecule has 0 nitrogen and oxygen atoms in total. The third kappa shape index (κ3) is 10.7. The first-order valence-corrected chi connectivity index (χ1v) is 7.37. The van der Waals surface area contributed by atoms with E-state index in [-0.39, 0.29) is 0 Å². The summed E-state index contributed by atoms with van der Waals surface area (Å²) < 4.78 is 2.31. The van der Waals surface area contributed by atoms with Crippen molar-refractivity contribution in [3.05, 3.63) is 9.71 Å². The van der Waals surface area contributed by atoms with Crippen LogP contribution in [0, 0.1) is 0 Å². The fraction of sp³-hybridized carbons (Fsp3) is 0.800. The van der Waals surface area contributed by atoms with E-state index < -0.39 is 0 Å². The second-order valence-electron chi connectivity index (χ2n) is 2.98. The van der Waals surface area contributed by atoms with Crippen LogP contribution in [0.1, 0.15) is 51.9 Å². The van der Waals surface area contributed by atoms with Gasteiger partial charge in [-0.1, -0.05) is 0 Å². The summed E-state index contributed by atoms with van der Waals surface area (Å²) in [6, 6.07) is 0. The van der Waals surface area contributed by atoms with Crippen molar-refractivity contribution >= 4 is 25.8 Å². The first-order valence-electron chi connectivity index (χ1n) is 4.78. The molecule has 0 aromatic rings. The molecule has 0 rings (SSSR count). The molecule has 0 aromatic carbocycles. The molecule has 64 valence electrons. The summed E-state index contributed by atoms with van der Waals surface area (Å²) in [6.45, 7) is 2.27. The monoisotopic (exact) mass is 348 g/mol. The van der Waals surface area contributed by atoms with Crippen molar-refractivity contribution in [2.75, 3.05) is 0 Å². The standard InChI is InChI=1S/C10H19.Pb.H/c1-3-5-7-9-10-8-6-4-2;;/h1,3H,4-10H2,2H3;;. The summed E-state index contributed by atoms with van der Waals surface area (Å²) in [5, 5.41) is 0. The van der Waals surface area contributed by atoms with Gasteiger partial charge in [0.1, 0.15) is 0 Å². The van der Waals surface area contributed by atoms with Gasteiger partial charge in [0, 0.05) is 0 Å². The SMILES string of the molecule is CCCCCCCCC=[CH][PbH]. The van der Waals surface area contributed by atoms with Gasteiger partial charge < -0.3 is 0 Å². The van der Waals surface area contributed by atoms with Crippen molar-refractivity contribution < 1.29 is 0 Å². The first-order chi connectivity index (χ1) is 5.41. The average molecular weight is 347 g/mol. The van der Waals surface area contributed by atoms with Gasteiger partial charge in [0.25, 0.3) is 0 Å². The minimum atomic E-state index is 1.06. The fourth-order valence-corrected chi connectivity index (χ4v) is 1.89. The van der Waals surface area contributed by atoms with Crippen LogP contribution >= 0.6 is 0 Å². The molecule has 0 unspecified atom stereocenters. The van der Waals surface area contributed by atoms with Gasteiger partial charge in [0.2, 0.25) is 0 Å². The molecule has 0 saturated carbocycles. The molecule has 0 N–H and O–H groups in total. The van der Waals surface area contributed by atoms with E-state index in [9.17, 15) is 0 Å². The molecule has 0 aliphatic rings. The van der Waals surface area contributed by atoms with Crippen molar-refractivity contribution in [3.63, 3.8) is 0 Å². The van der Waals surface area contributed by atoms with Crippen LogP contribution in [0.2, 0.25) is 0 Å². The van der Waals surface area contributed by atoms with Crippen LogP contribution in [0.15, 0.2) is 9.71 Å². The number of allylic oxidation sites excluding steroid dienone is 1. The molecule has 0 amide bonds. The first kappa shape index (κ1) is 11.7. The van der Waals surface area contributed by atoms with Crippen LogP contribution < -0.4 is 0 Å². The molecule has 0 spiro atoms. The molecule has 11 heavy (non-hydrogen) atoms. The van der Waals surface area contributed by atoms with Crippen molar-refractivity contribution in [1.29, 1.82) is 0 Å². The van der Waals surface area contributed by atoms with E-state index in [1.807, 2.05) is 0 Å². The summed E-state index contributed by atoms with van der Waals surface area (Å²) in [6.07, 6.45) is 12.2. The van der Waals surface area contributed by atoms with E-state index >= 15 is 0 Å². The number of unbranched alkanes of at least 4 members (excludes halogenated alkanes) is 6. The van der Waals surface area contributed by atoms with Gasteiger partial charge in [-0.25, -0.2) is 0 Å². The van der Waals surface area contributed by atoms with E-state index in [4.69, 9.17) is 0 Å². The molecule has 2 radical (unpaired) electrons. The van der Waals surface area contributed by atoms with Gasteiger partial charge in [0.15, 0.2) is 0 Å². The Hall–Kier alpha value is 0.662. The predicted octanol–water partition coefficient (Wildman–Crippen LogP) is 3.15. The predicted molar refractivity (Wildman–Crippen MR) is 54.3 cm³/mol. The minimum absolute atomic E-state index is 1.06. The van der Waals surface area contributed by atoms with Crippen LogP contribution in [0.3, 0.4) is 0 Å². The average Bonchev–Trinajstić information content (AvgIpc) is 2.03. The van der Waals surface area contributed by atoms with Gasteiger partial charge >= 0.3 is 87.3 Å². The third-order valence-corrected chi connectivity index (χ3v) is 2.92. The fourth-order valence-electron chi connectivity index (χ4n) is 1.14. The molecule has 0 saturated heterocycles. The van der Waals surface area contributed by atoms with Crippen LogP contribution in [0.25, 0.3) is 0 Å². The zero-order valence-corrected chi connectivity index (χ0v) is 12.2. The second-order valence-corrected chi connectivity index (χ2v) is 4.48. The summed E-state index contributed by atoms with van der Waals surface area (Å²) in [5.41, 5.74) is 0. The zero-order valence-electron chi connectivity index (χ0n) is 7.68. The van der Waals surface area contributed by atoms with E-state index in [0.29, 0.717) is 0 Å². The summed E-state index contributed by atoms with van der Waals surface area (Å²) in [5.74, 6) is 0. The van der Waals surface area contributed by atoms with Gasteiger partial charge in [-0.15, -0.1) is 0 Å². The molecular formula is C10H20Pb. The van der Waals surface area contributed by atoms with Crippen molar-refractivity contribution in [2.45, 2.75) is 51.9 Å². The number of hydrogen-bond donors (Lipinski definition) is 0. The van der Waals surface area contributed by atoms with Crippen LogP contribution in [-0.2, 0) is 0 Å². The Morgan fingerprint density at radius 3 is 2.27 bits per heavy atom. The van der Waals surface area contributed by atoms with Crippen molar-refractivity contribution in [3.8, 4) is 0 Å². The molecule has 0 bridgehead atoms. The quantitative estimate of drug-likeness (QED) is 0.490. The van der Waals surface area contributed by atoms with Gasteiger partial charge in [-0.2, -0.15) is 0 Å². The molecular weight excluding hydrogens is 327 g/mol. The maximum atomic E-state index is 2.34. The Balaban J connectivity index is 2.79. The van der Waals surface area contributed by atoms with E-state index in [0.717, 1.165) is 25.8 Å². The Morgan fingerprint density at radius 2 is 1.64 bits per heavy atom. The van der Waals surface area contributed by atoms with E-state index in [1.54, 1.807) is 0 Å². The third-order valence-electron chi connectivity index (χ3n) is 1.86. The van der Waals surface area contributed by atoms with Gasteiger partial charge in [-0.3, -0.25) is 0 Å². The molecule has 0 fully saturated rings. The van der Waals surface area contributed by atoms with Crippen LogP contribution in [-0.4, -0.2) is 25.8 Å². The van der Waals surface area contributed by atoms with E-state index in [1.165, 1.54) is 44.9 Å². The van der Waals surface area contributed by atoms with Crippen molar-refractivity contribution in [2.24, 2.45) is 0 Å². The Kier molecular flexibility index (Phi) is 11.3. The van der Waals surface area contributed by atoms with Crippen molar-refractivity contribution in [1.82, 2.24) is 0 Å². The zero-order chi connectivity index (χ0) is 8.36. The summed E-state index contributed by atoms with van der Waals surface area (Å²) in [7, 11) is 0. The Bertz CT molecular complexity index is 86.9. The van der Waals surface area contributed by atoms with Gasteiger partial charge in [-0.05, 0) is 0 Å². The molecule has 1 heteroatoms. The van der Waals surface area contributed by atoms with Crippen LogP contribution in [0.5, 0.6) is 0 Å². The molecule has 0 aromatic heterocycles. The van der Waals surface area contributed by atoms with Gasteiger partial charge in [0.05, 0.1) is 0 Å². The molecule has 0 aliphatic carbocycles. The Labute approximate surface area is 87.1 Å². The van der Waals surface area contributed by atoms with Crippen LogP contribution in [0.4, 0.5) is 0 Å². The second kappa shape index (κ2) is 10.7. The summed E-state index contributed by atoms with van der Waals surface area (Å²) >= 11 is 1.06. The number of rotatable bonds is 7. The summed E-state index contributed by atoms with van der Waals surface area (Å²) in [4.78, 5) is 0.